The molecule has 26 heavy (non-hydrogen) atoms. The van der Waals surface area contributed by atoms with Crippen LogP contribution in [0, 0.1) is 6.92 Å². The number of hydrogen-bond donors (Lipinski definition) is 1. The Balaban J connectivity index is 1.79. The van der Waals surface area contributed by atoms with Crippen LogP contribution in [-0.2, 0) is 4.79 Å². The number of aryl methyl sites for hydroxylation is 1. The number of urea groups is 1. The first-order valence-corrected chi connectivity index (χ1v) is 9.40. The maximum Gasteiger partial charge on any atom is 0.317 e. The first kappa shape index (κ1) is 20.1. The number of likely N-dealkylation sites (tertiary alicyclic amines) is 1. The summed E-state index contributed by atoms with van der Waals surface area (Å²) in [5.41, 5.74) is 1.09. The molecule has 6 heteroatoms. The highest BCUT2D eigenvalue weighted by molar-refractivity contribution is 5.75. The van der Waals surface area contributed by atoms with Crippen molar-refractivity contribution < 1.29 is 14.3 Å². The normalized spacial score (nSPS) is 16.1. The summed E-state index contributed by atoms with van der Waals surface area (Å²) in [7, 11) is 1.83. The van der Waals surface area contributed by atoms with Crippen LogP contribution < -0.4 is 10.1 Å². The largest absolute Gasteiger partial charge is 0.488 e. The van der Waals surface area contributed by atoms with Gasteiger partial charge in [0.2, 0.25) is 5.91 Å². The first-order valence-electron chi connectivity index (χ1n) is 9.40. The molecule has 6 nitrogen and oxygen atoms in total. The molecule has 1 atom stereocenters. The molecular formula is C20H31N3O3. The lowest BCUT2D eigenvalue weighted by molar-refractivity contribution is -0.130. The van der Waals surface area contributed by atoms with Crippen molar-refractivity contribution in [2.45, 2.75) is 52.2 Å². The Morgan fingerprint density at radius 2 is 1.96 bits per heavy atom. The van der Waals surface area contributed by atoms with Crippen molar-refractivity contribution in [3.8, 4) is 5.75 Å². The van der Waals surface area contributed by atoms with Crippen molar-refractivity contribution in [3.63, 3.8) is 0 Å². The van der Waals surface area contributed by atoms with Crippen molar-refractivity contribution >= 4 is 11.9 Å². The van der Waals surface area contributed by atoms with Crippen LogP contribution in [0.15, 0.2) is 24.3 Å². The van der Waals surface area contributed by atoms with E-state index in [-0.39, 0.29) is 24.1 Å². The highest BCUT2D eigenvalue weighted by atomic mass is 16.5. The van der Waals surface area contributed by atoms with Crippen LogP contribution in [0.25, 0.3) is 0 Å². The molecule has 144 valence electrons. The zero-order valence-electron chi connectivity index (χ0n) is 16.3. The van der Waals surface area contributed by atoms with Gasteiger partial charge < -0.3 is 19.9 Å². The molecule has 3 amide bonds. The Morgan fingerprint density at radius 1 is 1.31 bits per heavy atom. The number of ether oxygens (including phenoxy) is 1. The highest BCUT2D eigenvalue weighted by Crippen LogP contribution is 2.19. The number of para-hydroxylation sites is 1. The van der Waals surface area contributed by atoms with Gasteiger partial charge in [0.1, 0.15) is 11.9 Å². The van der Waals surface area contributed by atoms with Crippen LogP contribution >= 0.6 is 0 Å². The summed E-state index contributed by atoms with van der Waals surface area (Å²) >= 11 is 0. The Morgan fingerprint density at radius 3 is 2.54 bits per heavy atom. The topological polar surface area (TPSA) is 61.9 Å². The van der Waals surface area contributed by atoms with Gasteiger partial charge in [-0.3, -0.25) is 4.79 Å². The number of nitrogens with one attached hydrogen (secondary N) is 1. The van der Waals surface area contributed by atoms with Gasteiger partial charge in [-0.25, -0.2) is 4.79 Å². The van der Waals surface area contributed by atoms with Crippen LogP contribution in [0.1, 0.15) is 38.7 Å². The third-order valence-corrected chi connectivity index (χ3v) is 5.12. The predicted molar refractivity (Wildman–Crippen MR) is 102 cm³/mol. The molecule has 0 aliphatic carbocycles. The number of carbonyl (C=O) groups excluding carboxylic acids is 2. The van der Waals surface area contributed by atoms with E-state index in [1.165, 1.54) is 0 Å². The Kier molecular flexibility index (Phi) is 7.30. The quantitative estimate of drug-likeness (QED) is 0.847. The summed E-state index contributed by atoms with van der Waals surface area (Å²) in [5, 5.41) is 2.99. The van der Waals surface area contributed by atoms with Gasteiger partial charge in [0.25, 0.3) is 0 Å². The minimum atomic E-state index is -0.0549. The molecule has 1 N–H and O–H groups in total. The average Bonchev–Trinajstić information content (AvgIpc) is 2.65. The van der Waals surface area contributed by atoms with Crippen LogP contribution in [0.4, 0.5) is 4.79 Å². The molecule has 1 aromatic rings. The molecule has 1 saturated heterocycles. The smallest absolute Gasteiger partial charge is 0.317 e. The number of nitrogens with zero attached hydrogens (tertiary/aromatic N) is 2. The van der Waals surface area contributed by atoms with E-state index in [4.69, 9.17) is 4.74 Å². The summed E-state index contributed by atoms with van der Waals surface area (Å²) in [6.45, 7) is 7.48. The van der Waals surface area contributed by atoms with Gasteiger partial charge in [-0.15, -0.1) is 0 Å². The molecule has 0 spiro atoms. The third kappa shape index (κ3) is 5.38. The van der Waals surface area contributed by atoms with E-state index in [9.17, 15) is 9.59 Å². The molecule has 1 aliphatic rings. The fraction of sp³-hybridized carbons (Fsp3) is 0.600. The molecule has 2 rings (SSSR count). The third-order valence-electron chi connectivity index (χ3n) is 5.12. The maximum absolute atomic E-state index is 12.4. The lowest BCUT2D eigenvalue weighted by Gasteiger charge is -2.36. The number of amides is 3. The second-order valence-electron chi connectivity index (χ2n) is 6.95. The van der Waals surface area contributed by atoms with E-state index in [1.54, 1.807) is 11.8 Å². The van der Waals surface area contributed by atoms with Crippen molar-refractivity contribution in [2.75, 3.05) is 26.7 Å². The summed E-state index contributed by atoms with van der Waals surface area (Å²) in [6.07, 6.45) is 2.41. The van der Waals surface area contributed by atoms with Crippen molar-refractivity contribution in [1.29, 1.82) is 0 Å². The van der Waals surface area contributed by atoms with E-state index in [2.05, 4.69) is 12.2 Å². The number of benzene rings is 1. The van der Waals surface area contributed by atoms with Crippen molar-refractivity contribution in [3.05, 3.63) is 29.8 Å². The number of rotatable bonds is 6. The molecule has 1 unspecified atom stereocenters. The summed E-state index contributed by atoms with van der Waals surface area (Å²) in [6, 6.07) is 8.08. The molecule has 1 aromatic carbocycles. The minimum absolute atomic E-state index is 0.0542. The van der Waals surface area contributed by atoms with E-state index >= 15 is 0 Å². The first-order chi connectivity index (χ1) is 12.4. The molecule has 1 aliphatic heterocycles. The standard InChI is InChI=1S/C20H31N3O3/c1-5-18(26-19-9-7-6-8-15(19)2)14-21-20(25)23-12-10-17(11-13-23)22(4)16(3)24/h6-9,17-18H,5,10-14H2,1-4H3,(H,21,25). The fourth-order valence-electron chi connectivity index (χ4n) is 3.16. The molecule has 0 saturated carbocycles. The minimum Gasteiger partial charge on any atom is -0.488 e. The van der Waals surface area contributed by atoms with Gasteiger partial charge in [0, 0.05) is 33.1 Å². The fourth-order valence-corrected chi connectivity index (χ4v) is 3.16. The molecule has 0 radical (unpaired) electrons. The van der Waals surface area contributed by atoms with Gasteiger partial charge in [-0.1, -0.05) is 25.1 Å². The SMILES string of the molecule is CCC(CNC(=O)N1CCC(N(C)C(C)=O)CC1)Oc1ccccc1C. The molecule has 0 bridgehead atoms. The highest BCUT2D eigenvalue weighted by Gasteiger charge is 2.26. The van der Waals surface area contributed by atoms with Crippen LogP contribution in [-0.4, -0.2) is 60.6 Å². The lowest BCUT2D eigenvalue weighted by atomic mass is 10.0. The number of carbonyl (C=O) groups is 2. The van der Waals surface area contributed by atoms with Gasteiger partial charge >= 0.3 is 6.03 Å². The van der Waals surface area contributed by atoms with E-state index < -0.39 is 0 Å². The predicted octanol–water partition coefficient (Wildman–Crippen LogP) is 2.80. The summed E-state index contributed by atoms with van der Waals surface area (Å²) in [4.78, 5) is 27.5. The molecular weight excluding hydrogens is 330 g/mol. The average molecular weight is 361 g/mol. The van der Waals surface area contributed by atoms with E-state index in [0.717, 1.165) is 30.6 Å². The summed E-state index contributed by atoms with van der Waals surface area (Å²) < 4.78 is 6.03. The van der Waals surface area contributed by atoms with Crippen LogP contribution in [0.3, 0.4) is 0 Å². The second kappa shape index (κ2) is 9.46. The zero-order valence-corrected chi connectivity index (χ0v) is 16.3. The monoisotopic (exact) mass is 361 g/mol. The molecule has 1 fully saturated rings. The lowest BCUT2D eigenvalue weighted by Crippen LogP contribution is -2.50. The van der Waals surface area contributed by atoms with Crippen molar-refractivity contribution in [1.82, 2.24) is 15.1 Å². The van der Waals surface area contributed by atoms with Crippen LogP contribution in [0.2, 0.25) is 0 Å². The molecule has 0 aromatic heterocycles. The van der Waals surface area contributed by atoms with Gasteiger partial charge in [-0.2, -0.15) is 0 Å². The van der Waals surface area contributed by atoms with Gasteiger partial charge in [-0.05, 0) is 37.8 Å². The molecule has 1 heterocycles. The zero-order chi connectivity index (χ0) is 19.1. The maximum atomic E-state index is 12.4. The Hall–Kier alpha value is -2.24. The number of hydrogen-bond acceptors (Lipinski definition) is 3. The number of piperidine rings is 1. The second-order valence-corrected chi connectivity index (χ2v) is 6.95. The van der Waals surface area contributed by atoms with E-state index in [0.29, 0.717) is 19.6 Å². The summed E-state index contributed by atoms with van der Waals surface area (Å²) in [5.74, 6) is 0.939. The van der Waals surface area contributed by atoms with Gasteiger partial charge in [0.15, 0.2) is 0 Å². The van der Waals surface area contributed by atoms with Crippen LogP contribution in [0.5, 0.6) is 5.75 Å². The van der Waals surface area contributed by atoms with Gasteiger partial charge in [0.05, 0.1) is 6.54 Å². The van der Waals surface area contributed by atoms with E-state index in [1.807, 2.05) is 43.1 Å². The Bertz CT molecular complexity index is 612. The Labute approximate surface area is 156 Å². The van der Waals surface area contributed by atoms with Crippen molar-refractivity contribution in [2.24, 2.45) is 0 Å².